The molecule has 0 aromatic carbocycles. The summed E-state index contributed by atoms with van der Waals surface area (Å²) in [6.45, 7) is 4.09. The zero-order valence-corrected chi connectivity index (χ0v) is 11.9. The maximum Gasteiger partial charge on any atom is 0.255 e. The molecule has 0 unspecified atom stereocenters. The van der Waals surface area contributed by atoms with Gasteiger partial charge in [0, 0.05) is 32.3 Å². The molecule has 1 aliphatic heterocycles. The van der Waals surface area contributed by atoms with Gasteiger partial charge in [-0.2, -0.15) is 0 Å². The number of H-pyrrole nitrogens is 1. The van der Waals surface area contributed by atoms with Crippen molar-refractivity contribution in [2.24, 2.45) is 0 Å². The van der Waals surface area contributed by atoms with Crippen LogP contribution < -0.4 is 5.56 Å². The zero-order valence-electron chi connectivity index (χ0n) is 11.2. The van der Waals surface area contributed by atoms with Gasteiger partial charge in [0.2, 0.25) is 0 Å². The molecule has 2 aromatic rings. The molecule has 3 heterocycles. The first-order valence-electron chi connectivity index (χ1n) is 6.53. The molecule has 0 fully saturated rings. The van der Waals surface area contributed by atoms with Gasteiger partial charge in [-0.25, -0.2) is 9.97 Å². The average molecular weight is 291 g/mol. The molecule has 5 nitrogen and oxygen atoms in total. The van der Waals surface area contributed by atoms with Crippen molar-refractivity contribution >= 4 is 11.6 Å². The summed E-state index contributed by atoms with van der Waals surface area (Å²) in [7, 11) is 0. The summed E-state index contributed by atoms with van der Waals surface area (Å²) in [6.07, 6.45) is 2.58. The van der Waals surface area contributed by atoms with Crippen LogP contribution in [0.25, 0.3) is 0 Å². The Hall–Kier alpha value is -1.72. The fourth-order valence-corrected chi connectivity index (χ4v) is 2.61. The van der Waals surface area contributed by atoms with Gasteiger partial charge >= 0.3 is 0 Å². The van der Waals surface area contributed by atoms with E-state index < -0.39 is 0 Å². The van der Waals surface area contributed by atoms with E-state index in [2.05, 4.69) is 19.9 Å². The molecule has 0 atom stereocenters. The highest BCUT2D eigenvalue weighted by Crippen LogP contribution is 2.16. The van der Waals surface area contributed by atoms with E-state index in [1.165, 1.54) is 0 Å². The lowest BCUT2D eigenvalue weighted by molar-refractivity contribution is 0.241. The van der Waals surface area contributed by atoms with Crippen LogP contribution in [0.3, 0.4) is 0 Å². The zero-order chi connectivity index (χ0) is 14.1. The highest BCUT2D eigenvalue weighted by atomic mass is 35.5. The Morgan fingerprint density at radius 1 is 1.45 bits per heavy atom. The molecule has 0 aliphatic carbocycles. The van der Waals surface area contributed by atoms with Gasteiger partial charge in [-0.05, 0) is 18.6 Å². The molecule has 2 aromatic heterocycles. The summed E-state index contributed by atoms with van der Waals surface area (Å²) in [5, 5.41) is 0.494. The van der Waals surface area contributed by atoms with Gasteiger partial charge in [-0.1, -0.05) is 17.7 Å². The lowest BCUT2D eigenvalue weighted by atomic mass is 10.1. The molecular formula is C14H15ClN4O. The van der Waals surface area contributed by atoms with Crippen LogP contribution >= 0.6 is 11.6 Å². The number of hydrogen-bond acceptors (Lipinski definition) is 4. The molecule has 1 aliphatic rings. The van der Waals surface area contributed by atoms with Gasteiger partial charge in [-0.15, -0.1) is 0 Å². The molecular weight excluding hydrogens is 276 g/mol. The molecule has 6 heteroatoms. The van der Waals surface area contributed by atoms with Crippen molar-refractivity contribution in [1.29, 1.82) is 0 Å². The molecule has 0 saturated carbocycles. The van der Waals surface area contributed by atoms with Crippen LogP contribution in [-0.4, -0.2) is 26.4 Å². The third-order valence-corrected chi connectivity index (χ3v) is 3.68. The highest BCUT2D eigenvalue weighted by molar-refractivity contribution is 6.29. The van der Waals surface area contributed by atoms with Crippen molar-refractivity contribution in [2.75, 3.05) is 6.54 Å². The predicted molar refractivity (Wildman–Crippen MR) is 76.7 cm³/mol. The monoisotopic (exact) mass is 290 g/mol. The lowest BCUT2D eigenvalue weighted by Crippen LogP contribution is -2.35. The van der Waals surface area contributed by atoms with Crippen LogP contribution in [0.5, 0.6) is 0 Å². The molecule has 104 valence electrons. The van der Waals surface area contributed by atoms with Gasteiger partial charge in [0.1, 0.15) is 11.0 Å². The summed E-state index contributed by atoms with van der Waals surface area (Å²) in [6, 6.07) is 3.75. The minimum atomic E-state index is -0.0218. The molecule has 0 radical (unpaired) electrons. The molecule has 1 N–H and O–H groups in total. The van der Waals surface area contributed by atoms with E-state index in [9.17, 15) is 4.79 Å². The lowest BCUT2D eigenvalue weighted by Gasteiger charge is -2.27. The van der Waals surface area contributed by atoms with Crippen LogP contribution in [-0.2, 0) is 19.5 Å². The van der Waals surface area contributed by atoms with Gasteiger partial charge < -0.3 is 4.98 Å². The second-order valence-electron chi connectivity index (χ2n) is 5.03. The number of rotatable bonds is 2. The molecule has 0 spiro atoms. The smallest absolute Gasteiger partial charge is 0.255 e. The minimum absolute atomic E-state index is 0.0218. The Kier molecular flexibility index (Phi) is 3.54. The average Bonchev–Trinajstić information content (AvgIpc) is 2.42. The standard InChI is InChI=1S/C14H15ClN4O/c1-9-17-12-4-5-19(8-11(12)14(20)18-9)7-10-2-3-13(15)16-6-10/h2-3,6H,4-5,7-8H2,1H3,(H,17,18,20). The number of pyridine rings is 1. The van der Waals surface area contributed by atoms with E-state index in [0.29, 0.717) is 17.5 Å². The van der Waals surface area contributed by atoms with Crippen molar-refractivity contribution in [1.82, 2.24) is 19.9 Å². The minimum Gasteiger partial charge on any atom is -0.310 e. The van der Waals surface area contributed by atoms with Crippen LogP contribution in [0.2, 0.25) is 5.15 Å². The molecule has 0 saturated heterocycles. The Morgan fingerprint density at radius 2 is 2.30 bits per heavy atom. The fourth-order valence-electron chi connectivity index (χ4n) is 2.50. The Bertz CT molecular complexity index is 681. The molecule has 3 rings (SSSR count). The van der Waals surface area contributed by atoms with E-state index in [1.807, 2.05) is 13.0 Å². The number of aromatic nitrogens is 3. The van der Waals surface area contributed by atoms with E-state index in [4.69, 9.17) is 11.6 Å². The number of halogens is 1. The predicted octanol–water partition coefficient (Wildman–Crippen LogP) is 1.69. The maximum atomic E-state index is 12.0. The number of fused-ring (bicyclic) bond motifs is 1. The first-order chi connectivity index (χ1) is 9.61. The normalized spacial score (nSPS) is 15.1. The van der Waals surface area contributed by atoms with Crippen molar-refractivity contribution in [3.05, 3.63) is 56.5 Å². The van der Waals surface area contributed by atoms with Crippen LogP contribution in [0.4, 0.5) is 0 Å². The van der Waals surface area contributed by atoms with Gasteiger partial charge in [0.15, 0.2) is 0 Å². The SMILES string of the molecule is Cc1nc2c(c(=O)[nH]1)CN(Cc1ccc(Cl)nc1)CC2. The third-order valence-electron chi connectivity index (χ3n) is 3.46. The summed E-state index contributed by atoms with van der Waals surface area (Å²) < 4.78 is 0. The van der Waals surface area contributed by atoms with E-state index in [0.717, 1.165) is 36.3 Å². The molecule has 0 amide bonds. The number of aryl methyl sites for hydroxylation is 1. The van der Waals surface area contributed by atoms with Gasteiger partial charge in [0.25, 0.3) is 5.56 Å². The van der Waals surface area contributed by atoms with Crippen LogP contribution in [0.1, 0.15) is 22.6 Å². The fraction of sp³-hybridized carbons (Fsp3) is 0.357. The van der Waals surface area contributed by atoms with Crippen LogP contribution in [0.15, 0.2) is 23.1 Å². The summed E-state index contributed by atoms with van der Waals surface area (Å²) in [5.74, 6) is 0.684. The van der Waals surface area contributed by atoms with E-state index >= 15 is 0 Å². The van der Waals surface area contributed by atoms with Crippen molar-refractivity contribution in [3.63, 3.8) is 0 Å². The summed E-state index contributed by atoms with van der Waals surface area (Å²) >= 11 is 5.78. The van der Waals surface area contributed by atoms with Crippen molar-refractivity contribution < 1.29 is 0 Å². The largest absolute Gasteiger partial charge is 0.310 e. The topological polar surface area (TPSA) is 61.9 Å². The first-order valence-corrected chi connectivity index (χ1v) is 6.91. The second kappa shape index (κ2) is 5.34. The Morgan fingerprint density at radius 3 is 3.05 bits per heavy atom. The van der Waals surface area contributed by atoms with Gasteiger partial charge in [0.05, 0.1) is 11.3 Å². The van der Waals surface area contributed by atoms with Crippen LogP contribution in [0, 0.1) is 6.92 Å². The van der Waals surface area contributed by atoms with E-state index in [1.54, 1.807) is 12.3 Å². The maximum absolute atomic E-state index is 12.0. The summed E-state index contributed by atoms with van der Waals surface area (Å²) in [5.41, 5.74) is 2.78. The highest BCUT2D eigenvalue weighted by Gasteiger charge is 2.20. The number of hydrogen-bond donors (Lipinski definition) is 1. The number of aromatic amines is 1. The first kappa shape index (κ1) is 13.3. The number of nitrogens with one attached hydrogen (secondary N) is 1. The van der Waals surface area contributed by atoms with Crippen molar-refractivity contribution in [3.8, 4) is 0 Å². The van der Waals surface area contributed by atoms with Gasteiger partial charge in [-0.3, -0.25) is 9.69 Å². The molecule has 0 bridgehead atoms. The Balaban J connectivity index is 1.79. The number of nitrogens with zero attached hydrogens (tertiary/aromatic N) is 3. The molecule has 20 heavy (non-hydrogen) atoms. The quantitative estimate of drug-likeness (QED) is 0.855. The second-order valence-corrected chi connectivity index (χ2v) is 5.41. The Labute approximate surface area is 121 Å². The third kappa shape index (κ3) is 2.73. The van der Waals surface area contributed by atoms with Crippen molar-refractivity contribution in [2.45, 2.75) is 26.4 Å². The summed E-state index contributed by atoms with van der Waals surface area (Å²) in [4.78, 5) is 25.5. The van der Waals surface area contributed by atoms with E-state index in [-0.39, 0.29) is 5.56 Å².